The van der Waals surface area contributed by atoms with E-state index in [1.54, 1.807) is 6.20 Å². The molecule has 6 heteroatoms. The number of likely N-dealkylation sites (N-methyl/N-ethyl adjacent to an activating group) is 1. The maximum Gasteiger partial charge on any atom is 0.257 e. The highest BCUT2D eigenvalue weighted by atomic mass is 16.2. The summed E-state index contributed by atoms with van der Waals surface area (Å²) in [7, 11) is 2.09. The monoisotopic (exact) mass is 277 g/mol. The van der Waals surface area contributed by atoms with Crippen molar-refractivity contribution in [1.82, 2.24) is 19.6 Å². The Balaban J connectivity index is 1.77. The number of rotatable bonds is 2. The topological polar surface area (TPSA) is 67.4 Å². The zero-order valence-corrected chi connectivity index (χ0v) is 12.1. The number of piperazine rings is 1. The fourth-order valence-corrected chi connectivity index (χ4v) is 3.06. The van der Waals surface area contributed by atoms with Crippen LogP contribution in [0.5, 0.6) is 0 Å². The van der Waals surface area contributed by atoms with E-state index >= 15 is 0 Å². The predicted molar refractivity (Wildman–Crippen MR) is 76.5 cm³/mol. The third-order valence-corrected chi connectivity index (χ3v) is 4.53. The lowest BCUT2D eigenvalue weighted by Crippen LogP contribution is -2.47. The standard InChI is InChI=1S/C14H23N5O/c1-17-4-6-18(7-5-17)14(20)12-10-16-19-3-2-11(9-15)8-13(12)19/h10-11H,2-9,15H2,1H3/t11-/m0/s1. The molecule has 0 saturated carbocycles. The van der Waals surface area contributed by atoms with Crippen LogP contribution in [0.3, 0.4) is 0 Å². The summed E-state index contributed by atoms with van der Waals surface area (Å²) in [5.41, 5.74) is 7.65. The number of amides is 1. The highest BCUT2D eigenvalue weighted by Gasteiger charge is 2.28. The van der Waals surface area contributed by atoms with Crippen LogP contribution in [0.1, 0.15) is 22.5 Å². The summed E-state index contributed by atoms with van der Waals surface area (Å²) in [6.07, 6.45) is 3.69. The molecule has 0 radical (unpaired) electrons. The minimum absolute atomic E-state index is 0.136. The van der Waals surface area contributed by atoms with Crippen LogP contribution in [0.4, 0.5) is 0 Å². The molecule has 20 heavy (non-hydrogen) atoms. The summed E-state index contributed by atoms with van der Waals surface area (Å²) in [4.78, 5) is 16.9. The van der Waals surface area contributed by atoms with Crippen molar-refractivity contribution in [3.8, 4) is 0 Å². The minimum atomic E-state index is 0.136. The largest absolute Gasteiger partial charge is 0.336 e. The number of aryl methyl sites for hydroxylation is 1. The van der Waals surface area contributed by atoms with E-state index in [0.29, 0.717) is 12.5 Å². The van der Waals surface area contributed by atoms with E-state index in [2.05, 4.69) is 17.0 Å². The molecule has 2 N–H and O–H groups in total. The van der Waals surface area contributed by atoms with E-state index in [9.17, 15) is 4.79 Å². The first kappa shape index (κ1) is 13.6. The average Bonchev–Trinajstić information content (AvgIpc) is 2.90. The Morgan fingerprint density at radius 1 is 1.35 bits per heavy atom. The normalized spacial score (nSPS) is 23.7. The van der Waals surface area contributed by atoms with Gasteiger partial charge in [0.25, 0.3) is 5.91 Å². The molecule has 1 aromatic heterocycles. The summed E-state index contributed by atoms with van der Waals surface area (Å²) >= 11 is 0. The number of nitrogens with two attached hydrogens (primary N) is 1. The summed E-state index contributed by atoms with van der Waals surface area (Å²) in [6, 6.07) is 0. The number of hydrogen-bond donors (Lipinski definition) is 1. The Morgan fingerprint density at radius 3 is 2.80 bits per heavy atom. The van der Waals surface area contributed by atoms with E-state index in [1.807, 2.05) is 9.58 Å². The van der Waals surface area contributed by atoms with E-state index in [1.165, 1.54) is 0 Å². The van der Waals surface area contributed by atoms with Crippen LogP contribution in [0.2, 0.25) is 0 Å². The van der Waals surface area contributed by atoms with Gasteiger partial charge in [0.2, 0.25) is 0 Å². The van der Waals surface area contributed by atoms with Crippen molar-refractivity contribution in [2.75, 3.05) is 39.8 Å². The van der Waals surface area contributed by atoms with E-state index in [-0.39, 0.29) is 5.91 Å². The Labute approximate surface area is 119 Å². The lowest BCUT2D eigenvalue weighted by molar-refractivity contribution is 0.0662. The first-order valence-corrected chi connectivity index (χ1v) is 7.41. The molecule has 3 rings (SSSR count). The molecule has 0 aromatic carbocycles. The average molecular weight is 277 g/mol. The zero-order valence-electron chi connectivity index (χ0n) is 12.1. The summed E-state index contributed by atoms with van der Waals surface area (Å²) in [6.45, 7) is 5.07. The van der Waals surface area contributed by atoms with Crippen molar-refractivity contribution in [3.63, 3.8) is 0 Å². The lowest BCUT2D eigenvalue weighted by Gasteiger charge is -2.32. The van der Waals surface area contributed by atoms with Crippen LogP contribution < -0.4 is 5.73 Å². The fourth-order valence-electron chi connectivity index (χ4n) is 3.06. The highest BCUT2D eigenvalue weighted by Crippen LogP contribution is 2.23. The van der Waals surface area contributed by atoms with Gasteiger partial charge in [-0.1, -0.05) is 0 Å². The fraction of sp³-hybridized carbons (Fsp3) is 0.714. The van der Waals surface area contributed by atoms with Crippen molar-refractivity contribution >= 4 is 5.91 Å². The molecule has 1 aromatic rings. The van der Waals surface area contributed by atoms with Crippen LogP contribution in [0.25, 0.3) is 0 Å². The quantitative estimate of drug-likeness (QED) is 0.812. The molecule has 1 saturated heterocycles. The lowest BCUT2D eigenvalue weighted by atomic mass is 9.94. The molecule has 0 unspecified atom stereocenters. The molecule has 0 spiro atoms. The van der Waals surface area contributed by atoms with Gasteiger partial charge in [0.15, 0.2) is 0 Å². The smallest absolute Gasteiger partial charge is 0.257 e. The summed E-state index contributed by atoms with van der Waals surface area (Å²) < 4.78 is 1.98. The first-order valence-electron chi connectivity index (χ1n) is 7.41. The highest BCUT2D eigenvalue weighted by molar-refractivity contribution is 5.95. The predicted octanol–water partition coefficient (Wildman–Crippen LogP) is -0.208. The second-order valence-corrected chi connectivity index (χ2v) is 5.92. The van der Waals surface area contributed by atoms with Gasteiger partial charge in [-0.15, -0.1) is 0 Å². The molecule has 1 fully saturated rings. The number of nitrogens with zero attached hydrogens (tertiary/aromatic N) is 4. The van der Waals surface area contributed by atoms with Crippen molar-refractivity contribution in [2.45, 2.75) is 19.4 Å². The van der Waals surface area contributed by atoms with E-state index < -0.39 is 0 Å². The molecule has 110 valence electrons. The zero-order chi connectivity index (χ0) is 14.1. The van der Waals surface area contributed by atoms with Gasteiger partial charge < -0.3 is 15.5 Å². The van der Waals surface area contributed by atoms with Crippen LogP contribution in [-0.4, -0.2) is 65.3 Å². The SMILES string of the molecule is CN1CCN(C(=O)c2cnn3c2C[C@@H](CN)CC3)CC1. The number of fused-ring (bicyclic) bond motifs is 1. The Hall–Kier alpha value is -1.40. The first-order chi connectivity index (χ1) is 9.69. The molecular formula is C14H23N5O. The summed E-state index contributed by atoms with van der Waals surface area (Å²) in [5, 5.41) is 4.37. The van der Waals surface area contributed by atoms with Gasteiger partial charge in [0.05, 0.1) is 17.5 Å². The molecule has 3 heterocycles. The van der Waals surface area contributed by atoms with Crippen LogP contribution in [0, 0.1) is 5.92 Å². The van der Waals surface area contributed by atoms with Gasteiger partial charge in [-0.2, -0.15) is 5.10 Å². The Bertz CT molecular complexity index is 490. The molecule has 0 aliphatic carbocycles. The third kappa shape index (κ3) is 2.45. The van der Waals surface area contributed by atoms with Gasteiger partial charge in [0, 0.05) is 32.7 Å². The number of carbonyl (C=O) groups is 1. The molecule has 1 amide bonds. The maximum atomic E-state index is 12.7. The van der Waals surface area contributed by atoms with E-state index in [0.717, 1.165) is 56.8 Å². The number of hydrogen-bond acceptors (Lipinski definition) is 4. The van der Waals surface area contributed by atoms with Crippen molar-refractivity contribution in [2.24, 2.45) is 11.7 Å². The van der Waals surface area contributed by atoms with Crippen molar-refractivity contribution in [3.05, 3.63) is 17.5 Å². The van der Waals surface area contributed by atoms with Gasteiger partial charge in [-0.05, 0) is 32.4 Å². The van der Waals surface area contributed by atoms with Crippen LogP contribution >= 0.6 is 0 Å². The Kier molecular flexibility index (Phi) is 3.76. The van der Waals surface area contributed by atoms with Gasteiger partial charge in [-0.3, -0.25) is 9.48 Å². The maximum absolute atomic E-state index is 12.7. The minimum Gasteiger partial charge on any atom is -0.336 e. The van der Waals surface area contributed by atoms with Gasteiger partial charge in [0.1, 0.15) is 0 Å². The van der Waals surface area contributed by atoms with Gasteiger partial charge >= 0.3 is 0 Å². The molecule has 0 bridgehead atoms. The molecule has 1 atom stereocenters. The van der Waals surface area contributed by atoms with Crippen LogP contribution in [-0.2, 0) is 13.0 Å². The molecule has 6 nitrogen and oxygen atoms in total. The molecular weight excluding hydrogens is 254 g/mol. The van der Waals surface area contributed by atoms with Crippen LogP contribution in [0.15, 0.2) is 6.20 Å². The molecule has 2 aliphatic heterocycles. The Morgan fingerprint density at radius 2 is 2.10 bits per heavy atom. The number of aromatic nitrogens is 2. The second kappa shape index (κ2) is 5.54. The third-order valence-electron chi connectivity index (χ3n) is 4.53. The summed E-state index contributed by atoms with van der Waals surface area (Å²) in [5.74, 6) is 0.621. The second-order valence-electron chi connectivity index (χ2n) is 5.92. The number of carbonyl (C=O) groups excluding carboxylic acids is 1. The van der Waals surface area contributed by atoms with Crippen molar-refractivity contribution < 1.29 is 4.79 Å². The van der Waals surface area contributed by atoms with Crippen molar-refractivity contribution in [1.29, 1.82) is 0 Å². The van der Waals surface area contributed by atoms with E-state index in [4.69, 9.17) is 5.73 Å². The molecule has 2 aliphatic rings. The van der Waals surface area contributed by atoms with Gasteiger partial charge in [-0.25, -0.2) is 0 Å².